The Morgan fingerprint density at radius 1 is 0.327 bits per heavy atom. The third-order valence-corrected chi connectivity index (χ3v) is 10.2. The lowest BCUT2D eigenvalue weighted by Gasteiger charge is -2.12. The van der Waals surface area contributed by atoms with E-state index in [9.17, 15) is 0 Å². The molecule has 0 amide bonds. The minimum absolute atomic E-state index is 0.653. The molecule has 52 heavy (non-hydrogen) atoms. The van der Waals surface area contributed by atoms with Crippen LogP contribution in [0.15, 0.2) is 179 Å². The lowest BCUT2D eigenvalue weighted by atomic mass is 9.94. The Morgan fingerprint density at radius 3 is 1.63 bits per heavy atom. The highest BCUT2D eigenvalue weighted by Gasteiger charge is 2.19. The number of furan rings is 2. The van der Waals surface area contributed by atoms with Crippen molar-refractivity contribution in [3.05, 3.63) is 170 Å². The highest BCUT2D eigenvalue weighted by atomic mass is 16.3. The average molecular weight is 665 g/mol. The summed E-state index contributed by atoms with van der Waals surface area (Å²) in [7, 11) is 0. The van der Waals surface area contributed by atoms with E-state index in [0.717, 1.165) is 88.5 Å². The average Bonchev–Trinajstić information content (AvgIpc) is 3.78. The predicted molar refractivity (Wildman–Crippen MR) is 213 cm³/mol. The summed E-state index contributed by atoms with van der Waals surface area (Å²) in [6.07, 6.45) is 0. The molecule has 8 aromatic carbocycles. The third kappa shape index (κ3) is 4.62. The van der Waals surface area contributed by atoms with E-state index in [-0.39, 0.29) is 0 Å². The van der Waals surface area contributed by atoms with Crippen molar-refractivity contribution < 1.29 is 8.83 Å². The zero-order valence-corrected chi connectivity index (χ0v) is 27.9. The number of rotatable bonds is 4. The van der Waals surface area contributed by atoms with Gasteiger partial charge >= 0.3 is 0 Å². The molecule has 0 aliphatic carbocycles. The number of hydrogen-bond acceptors (Lipinski definition) is 4. The van der Waals surface area contributed by atoms with E-state index < -0.39 is 0 Å². The minimum Gasteiger partial charge on any atom is -0.456 e. The maximum absolute atomic E-state index is 6.56. The van der Waals surface area contributed by atoms with Gasteiger partial charge in [0.15, 0.2) is 5.82 Å². The monoisotopic (exact) mass is 664 g/mol. The normalized spacial score (nSPS) is 11.8. The topological polar surface area (TPSA) is 52.1 Å². The predicted octanol–water partition coefficient (Wildman–Crippen LogP) is 13.2. The maximum atomic E-state index is 6.56. The van der Waals surface area contributed by atoms with Crippen molar-refractivity contribution in [1.82, 2.24) is 9.97 Å². The van der Waals surface area contributed by atoms with Gasteiger partial charge in [-0.05, 0) is 87.3 Å². The van der Waals surface area contributed by atoms with Crippen LogP contribution >= 0.6 is 0 Å². The van der Waals surface area contributed by atoms with Crippen molar-refractivity contribution >= 4 is 65.4 Å². The summed E-state index contributed by atoms with van der Waals surface area (Å²) < 4.78 is 12.9. The fourth-order valence-electron chi connectivity index (χ4n) is 7.67. The first-order chi connectivity index (χ1) is 25.7. The van der Waals surface area contributed by atoms with Crippen LogP contribution in [0.4, 0.5) is 0 Å². The second-order valence-electron chi connectivity index (χ2n) is 13.4. The molecule has 0 atom stereocenters. The van der Waals surface area contributed by atoms with Gasteiger partial charge in [0.25, 0.3) is 0 Å². The summed E-state index contributed by atoms with van der Waals surface area (Å²) in [5.74, 6) is 0.653. The van der Waals surface area contributed by atoms with Crippen LogP contribution < -0.4 is 0 Å². The first kappa shape index (κ1) is 28.8. The molecule has 3 aromatic heterocycles. The van der Waals surface area contributed by atoms with Gasteiger partial charge in [0, 0.05) is 38.2 Å². The molecule has 0 bridgehead atoms. The second-order valence-corrected chi connectivity index (χ2v) is 13.4. The summed E-state index contributed by atoms with van der Waals surface area (Å²) in [4.78, 5) is 10.5. The Labute approximate surface area is 298 Å². The van der Waals surface area contributed by atoms with Crippen LogP contribution in [0, 0.1) is 0 Å². The molecule has 11 rings (SSSR count). The van der Waals surface area contributed by atoms with E-state index in [4.69, 9.17) is 18.8 Å². The van der Waals surface area contributed by atoms with Crippen molar-refractivity contribution in [2.75, 3.05) is 0 Å². The molecule has 0 aliphatic rings. The largest absolute Gasteiger partial charge is 0.456 e. The van der Waals surface area contributed by atoms with E-state index in [1.165, 1.54) is 16.2 Å². The Morgan fingerprint density at radius 2 is 0.865 bits per heavy atom. The van der Waals surface area contributed by atoms with Gasteiger partial charge in [0.05, 0.1) is 11.4 Å². The van der Waals surface area contributed by atoms with Crippen LogP contribution in [-0.4, -0.2) is 9.97 Å². The number of benzene rings is 8. The number of fused-ring (bicyclic) bond motifs is 8. The van der Waals surface area contributed by atoms with Crippen molar-refractivity contribution in [2.45, 2.75) is 0 Å². The molecule has 0 N–H and O–H groups in total. The third-order valence-electron chi connectivity index (χ3n) is 10.2. The smallest absolute Gasteiger partial charge is 0.160 e. The molecule has 0 saturated heterocycles. The van der Waals surface area contributed by atoms with Gasteiger partial charge in [0.2, 0.25) is 0 Å². The molecule has 3 heterocycles. The first-order valence-corrected chi connectivity index (χ1v) is 17.5. The van der Waals surface area contributed by atoms with E-state index in [0.29, 0.717) is 5.82 Å². The summed E-state index contributed by atoms with van der Waals surface area (Å²) in [5, 5.41) is 9.08. The number of nitrogens with zero attached hydrogens (tertiary/aromatic N) is 2. The summed E-state index contributed by atoms with van der Waals surface area (Å²) in [6.45, 7) is 0. The summed E-state index contributed by atoms with van der Waals surface area (Å²) in [5.41, 5.74) is 10.1. The van der Waals surface area contributed by atoms with Crippen molar-refractivity contribution in [1.29, 1.82) is 0 Å². The van der Waals surface area contributed by atoms with E-state index >= 15 is 0 Å². The summed E-state index contributed by atoms with van der Waals surface area (Å²) >= 11 is 0. The zero-order chi connectivity index (χ0) is 34.2. The highest BCUT2D eigenvalue weighted by Crippen LogP contribution is 2.41. The fourth-order valence-corrected chi connectivity index (χ4v) is 7.67. The molecule has 0 aliphatic heterocycles. The maximum Gasteiger partial charge on any atom is 0.160 e. The lowest BCUT2D eigenvalue weighted by Crippen LogP contribution is -1.96. The van der Waals surface area contributed by atoms with Crippen LogP contribution in [0.1, 0.15) is 0 Å². The Kier molecular flexibility index (Phi) is 6.22. The zero-order valence-electron chi connectivity index (χ0n) is 27.9. The van der Waals surface area contributed by atoms with Gasteiger partial charge in [-0.25, -0.2) is 9.97 Å². The quantitative estimate of drug-likeness (QED) is 0.188. The number of aromatic nitrogens is 2. The Bertz CT molecular complexity index is 3200. The van der Waals surface area contributed by atoms with E-state index in [1.807, 2.05) is 30.3 Å². The highest BCUT2D eigenvalue weighted by molar-refractivity contribution is 6.14. The van der Waals surface area contributed by atoms with Gasteiger partial charge in [0.1, 0.15) is 22.3 Å². The SMILES string of the molecule is c1ccc2cc(-c3nc(-c4ccc5c(c4)oc4ccccc45)cc(-c4cc(-c5ccc6ccccc6c5)c5c(c4)oc4ccccc45)n3)ccc2c1. The van der Waals surface area contributed by atoms with Gasteiger partial charge in [-0.3, -0.25) is 0 Å². The Hall–Kier alpha value is -7.04. The minimum atomic E-state index is 0.653. The lowest BCUT2D eigenvalue weighted by molar-refractivity contribution is 0.668. The van der Waals surface area contributed by atoms with Crippen LogP contribution in [-0.2, 0) is 0 Å². The fraction of sp³-hybridized carbons (Fsp3) is 0. The molecule has 4 nitrogen and oxygen atoms in total. The molecular weight excluding hydrogens is 637 g/mol. The van der Waals surface area contributed by atoms with Gasteiger partial charge in [-0.2, -0.15) is 0 Å². The van der Waals surface area contributed by atoms with E-state index in [1.54, 1.807) is 0 Å². The van der Waals surface area contributed by atoms with Crippen molar-refractivity contribution in [3.63, 3.8) is 0 Å². The van der Waals surface area contributed by atoms with Crippen LogP contribution in [0.5, 0.6) is 0 Å². The van der Waals surface area contributed by atoms with Gasteiger partial charge in [-0.15, -0.1) is 0 Å². The van der Waals surface area contributed by atoms with E-state index in [2.05, 4.69) is 140 Å². The first-order valence-electron chi connectivity index (χ1n) is 17.5. The molecule has 0 fully saturated rings. The molecule has 242 valence electrons. The van der Waals surface area contributed by atoms with Gasteiger partial charge < -0.3 is 8.83 Å². The second kappa shape index (κ2) is 11.2. The molecule has 0 radical (unpaired) electrons. The van der Waals surface area contributed by atoms with Crippen LogP contribution in [0.3, 0.4) is 0 Å². The molecule has 0 saturated carbocycles. The Balaban J connectivity index is 1.16. The van der Waals surface area contributed by atoms with Crippen molar-refractivity contribution in [2.24, 2.45) is 0 Å². The molecule has 11 aromatic rings. The molecule has 4 heteroatoms. The molecular formula is C48H28N2O2. The van der Waals surface area contributed by atoms with Crippen molar-refractivity contribution in [3.8, 4) is 45.0 Å². The van der Waals surface area contributed by atoms with Gasteiger partial charge in [-0.1, -0.05) is 115 Å². The van der Waals surface area contributed by atoms with Crippen LogP contribution in [0.25, 0.3) is 110 Å². The molecule has 0 unspecified atom stereocenters. The molecule has 0 spiro atoms. The standard InChI is InChI=1S/C48H28N2O2/c1-3-11-31-23-33(19-17-29(31)9-1)40-25-36(27-46-47(40)39-14-6-8-16-44(39)52-46)42-28-41(34-21-22-38-37-13-5-7-15-43(37)51-45(38)26-34)49-48(50-42)35-20-18-30-10-2-4-12-32(30)24-35/h1-28H. The summed E-state index contributed by atoms with van der Waals surface area (Å²) in [6, 6.07) is 59.2. The number of para-hydroxylation sites is 2. The van der Waals surface area contributed by atoms with Crippen LogP contribution in [0.2, 0.25) is 0 Å². The number of hydrogen-bond donors (Lipinski definition) is 0.